The Morgan fingerprint density at radius 3 is 2.27 bits per heavy atom. The van der Waals surface area contributed by atoms with Crippen LogP contribution in [0.5, 0.6) is 0 Å². The largest absolute Gasteiger partial charge is 0.475 e. The van der Waals surface area contributed by atoms with Crippen LogP contribution >= 0.6 is 0 Å². The van der Waals surface area contributed by atoms with E-state index in [0.717, 1.165) is 11.1 Å². The number of aryl methyl sites for hydroxylation is 1. The molecule has 0 fully saturated rings. The van der Waals surface area contributed by atoms with E-state index in [-0.39, 0.29) is 18.2 Å². The molecule has 1 heterocycles. The summed E-state index contributed by atoms with van der Waals surface area (Å²) in [7, 11) is -1.79. The molecule has 0 aliphatic rings. The second-order valence-electron chi connectivity index (χ2n) is 9.29. The van der Waals surface area contributed by atoms with Gasteiger partial charge in [0.2, 0.25) is 5.91 Å². The Labute approximate surface area is 216 Å². The lowest BCUT2D eigenvalue weighted by molar-refractivity contribution is -0.123. The quantitative estimate of drug-likeness (QED) is 0.217. The van der Waals surface area contributed by atoms with Gasteiger partial charge < -0.3 is 26.0 Å². The van der Waals surface area contributed by atoms with Gasteiger partial charge >= 0.3 is 7.12 Å². The van der Waals surface area contributed by atoms with Gasteiger partial charge in [-0.25, -0.2) is 0 Å². The summed E-state index contributed by atoms with van der Waals surface area (Å²) < 4.78 is 0. The molecule has 2 aromatic carbocycles. The van der Waals surface area contributed by atoms with Crippen LogP contribution in [0.25, 0.3) is 11.3 Å². The number of H-pyrrole nitrogens is 1. The number of nitrogens with one attached hydrogen (secondary N) is 4. The molecule has 2 atom stereocenters. The smallest absolute Gasteiger partial charge is 0.426 e. The first-order valence-corrected chi connectivity index (χ1v) is 12.1. The van der Waals surface area contributed by atoms with Crippen molar-refractivity contribution in [2.75, 3.05) is 6.54 Å². The Hall–Kier alpha value is -3.96. The van der Waals surface area contributed by atoms with Crippen molar-refractivity contribution in [2.45, 2.75) is 39.2 Å². The summed E-state index contributed by atoms with van der Waals surface area (Å²) in [5.41, 5.74) is 2.89. The van der Waals surface area contributed by atoms with E-state index < -0.39 is 36.8 Å². The van der Waals surface area contributed by atoms with Crippen molar-refractivity contribution in [1.29, 1.82) is 0 Å². The van der Waals surface area contributed by atoms with E-state index in [2.05, 4.69) is 26.1 Å². The normalized spacial score (nSPS) is 12.5. The van der Waals surface area contributed by atoms with Gasteiger partial charge in [-0.15, -0.1) is 0 Å². The van der Waals surface area contributed by atoms with E-state index in [0.29, 0.717) is 17.7 Å². The molecule has 3 amide bonds. The molecule has 0 bridgehead atoms. The van der Waals surface area contributed by atoms with Crippen molar-refractivity contribution in [2.24, 2.45) is 5.92 Å². The van der Waals surface area contributed by atoms with Crippen LogP contribution in [0, 0.1) is 12.8 Å². The molecule has 0 saturated carbocycles. The molecule has 0 saturated heterocycles. The molecule has 0 radical (unpaired) electrons. The van der Waals surface area contributed by atoms with Crippen LogP contribution in [0.3, 0.4) is 0 Å². The number of carbonyl (C=O) groups is 3. The molecule has 0 aliphatic heterocycles. The maximum atomic E-state index is 13.1. The molecule has 37 heavy (non-hydrogen) atoms. The average molecular weight is 505 g/mol. The van der Waals surface area contributed by atoms with E-state index in [1.54, 1.807) is 30.3 Å². The molecule has 0 unspecified atom stereocenters. The number of carbonyl (C=O) groups excluding carboxylic acids is 3. The second kappa shape index (κ2) is 12.8. The van der Waals surface area contributed by atoms with E-state index in [4.69, 9.17) is 0 Å². The third-order valence-corrected chi connectivity index (χ3v) is 5.71. The minimum Gasteiger partial charge on any atom is -0.426 e. The van der Waals surface area contributed by atoms with Gasteiger partial charge in [0.25, 0.3) is 11.8 Å². The Balaban J connectivity index is 1.75. The summed E-state index contributed by atoms with van der Waals surface area (Å²) in [4.78, 5) is 38.7. The summed E-state index contributed by atoms with van der Waals surface area (Å²) in [6.45, 7) is 5.44. The van der Waals surface area contributed by atoms with Crippen molar-refractivity contribution in [3.63, 3.8) is 0 Å². The lowest BCUT2D eigenvalue weighted by Crippen LogP contribution is -2.57. The highest BCUT2D eigenvalue weighted by Gasteiger charge is 2.30. The minimum atomic E-state index is -1.79. The average Bonchev–Trinajstić information content (AvgIpc) is 3.37. The first-order valence-electron chi connectivity index (χ1n) is 12.1. The highest BCUT2D eigenvalue weighted by Crippen LogP contribution is 2.17. The van der Waals surface area contributed by atoms with E-state index in [9.17, 15) is 24.4 Å². The Morgan fingerprint density at radius 2 is 1.65 bits per heavy atom. The molecular formula is C26H32BN5O5. The second-order valence-corrected chi connectivity index (χ2v) is 9.29. The number of nitrogens with zero attached hydrogens (tertiary/aromatic N) is 1. The lowest BCUT2D eigenvalue weighted by atomic mass is 9.75. The molecule has 0 spiro atoms. The van der Waals surface area contributed by atoms with Gasteiger partial charge in [-0.05, 0) is 37.5 Å². The van der Waals surface area contributed by atoms with Gasteiger partial charge in [-0.3, -0.25) is 19.5 Å². The fourth-order valence-corrected chi connectivity index (χ4v) is 3.69. The zero-order valence-electron chi connectivity index (χ0n) is 21.1. The van der Waals surface area contributed by atoms with Gasteiger partial charge in [0.05, 0.1) is 11.6 Å². The van der Waals surface area contributed by atoms with Gasteiger partial charge in [0, 0.05) is 17.7 Å². The van der Waals surface area contributed by atoms with Crippen molar-refractivity contribution in [1.82, 2.24) is 26.1 Å². The lowest BCUT2D eigenvalue weighted by Gasteiger charge is -2.24. The predicted octanol–water partition coefficient (Wildman–Crippen LogP) is 1.46. The van der Waals surface area contributed by atoms with Crippen LogP contribution < -0.4 is 16.0 Å². The number of hydrogen-bond donors (Lipinski definition) is 6. The third kappa shape index (κ3) is 8.02. The molecule has 194 valence electrons. The third-order valence-electron chi connectivity index (χ3n) is 5.71. The van der Waals surface area contributed by atoms with Crippen LogP contribution in [-0.4, -0.2) is 63.6 Å². The van der Waals surface area contributed by atoms with Crippen molar-refractivity contribution in [3.8, 4) is 11.3 Å². The van der Waals surface area contributed by atoms with Crippen molar-refractivity contribution < 1.29 is 24.4 Å². The molecule has 11 heteroatoms. The Bertz CT molecular complexity index is 1200. The molecule has 6 N–H and O–H groups in total. The fraction of sp³-hybridized carbons (Fsp3) is 0.308. The van der Waals surface area contributed by atoms with Gasteiger partial charge in [-0.2, -0.15) is 5.10 Å². The van der Waals surface area contributed by atoms with E-state index >= 15 is 0 Å². The summed E-state index contributed by atoms with van der Waals surface area (Å²) in [5, 5.41) is 34.1. The zero-order chi connectivity index (χ0) is 26.9. The number of amides is 3. The number of rotatable bonds is 11. The van der Waals surface area contributed by atoms with E-state index in [1.165, 1.54) is 0 Å². The van der Waals surface area contributed by atoms with Crippen LogP contribution in [-0.2, 0) is 4.79 Å². The maximum Gasteiger partial charge on any atom is 0.475 e. The number of hydrogen-bond acceptors (Lipinski definition) is 6. The molecular weight excluding hydrogens is 473 g/mol. The summed E-state index contributed by atoms with van der Waals surface area (Å²) in [6.07, 6.45) is 0.306. The zero-order valence-corrected chi connectivity index (χ0v) is 21.1. The monoisotopic (exact) mass is 505 g/mol. The molecule has 1 aromatic heterocycles. The Morgan fingerprint density at radius 1 is 0.973 bits per heavy atom. The van der Waals surface area contributed by atoms with Crippen LogP contribution in [0.1, 0.15) is 46.7 Å². The van der Waals surface area contributed by atoms with Gasteiger partial charge in [0.15, 0.2) is 0 Å². The number of aromatic nitrogens is 2. The number of aromatic amines is 1. The maximum absolute atomic E-state index is 13.1. The van der Waals surface area contributed by atoms with E-state index in [1.807, 2.05) is 51.1 Å². The summed E-state index contributed by atoms with van der Waals surface area (Å²) in [6, 6.07) is 16.5. The van der Waals surface area contributed by atoms with Crippen LogP contribution in [0.15, 0.2) is 60.7 Å². The minimum absolute atomic E-state index is 0.0720. The number of benzene rings is 2. The Kier molecular flexibility index (Phi) is 9.59. The molecule has 0 aliphatic carbocycles. The van der Waals surface area contributed by atoms with Crippen molar-refractivity contribution >= 4 is 24.8 Å². The molecule has 3 rings (SSSR count). The molecule has 10 nitrogen and oxygen atoms in total. The van der Waals surface area contributed by atoms with Gasteiger partial charge in [-0.1, -0.05) is 61.9 Å². The topological polar surface area (TPSA) is 156 Å². The summed E-state index contributed by atoms with van der Waals surface area (Å²) in [5.74, 6) is -2.57. The van der Waals surface area contributed by atoms with Crippen LogP contribution in [0.2, 0.25) is 0 Å². The molecule has 3 aromatic rings. The highest BCUT2D eigenvalue weighted by molar-refractivity contribution is 6.43. The van der Waals surface area contributed by atoms with Crippen molar-refractivity contribution in [3.05, 3.63) is 77.5 Å². The predicted molar refractivity (Wildman–Crippen MR) is 140 cm³/mol. The van der Waals surface area contributed by atoms with Gasteiger partial charge in [0.1, 0.15) is 11.7 Å². The van der Waals surface area contributed by atoms with Crippen LogP contribution in [0.4, 0.5) is 0 Å². The first-order chi connectivity index (χ1) is 17.6. The first kappa shape index (κ1) is 27.6. The SMILES string of the molecule is Cc1ccc(C(=O)NC[C@H](NC(=O)c2cc(-c3ccccc3)n[nH]2)C(=O)N[C@@H](CC(C)C)B(O)O)cc1. The standard InChI is InChI=1S/C26H32BN5O5/c1-16(2)13-23(27(36)37)30-26(35)22(15-28-24(33)19-11-9-17(3)10-12-19)29-25(34)21-14-20(31-32-21)18-7-5-4-6-8-18/h4-12,14,16,22-23,36-37H,13,15H2,1-3H3,(H,28,33)(H,29,34)(H,30,35)(H,31,32)/t22-,23-/m0/s1. The summed E-state index contributed by atoms with van der Waals surface area (Å²) >= 11 is 0. The highest BCUT2D eigenvalue weighted by atomic mass is 16.4. The fourth-order valence-electron chi connectivity index (χ4n) is 3.69.